The van der Waals surface area contributed by atoms with E-state index in [1.165, 1.54) is 0 Å². The van der Waals surface area contributed by atoms with Crippen molar-refractivity contribution in [2.45, 2.75) is 27.2 Å². The molecule has 0 aliphatic rings. The average Bonchev–Trinajstić information content (AvgIpc) is 2.51. The first kappa shape index (κ1) is 15.6. The third-order valence-electron chi connectivity index (χ3n) is 3.13. The summed E-state index contributed by atoms with van der Waals surface area (Å²) in [6.07, 6.45) is 3.49. The van der Waals surface area contributed by atoms with Crippen LogP contribution in [-0.4, -0.2) is 21.8 Å². The first-order valence-corrected chi connectivity index (χ1v) is 7.00. The van der Waals surface area contributed by atoms with Crippen molar-refractivity contribution in [1.82, 2.24) is 9.97 Å². The van der Waals surface area contributed by atoms with E-state index in [9.17, 15) is 9.59 Å². The maximum Gasteiger partial charge on any atom is 0.256 e. The van der Waals surface area contributed by atoms with E-state index in [-0.39, 0.29) is 11.8 Å². The molecular weight excluding hydrogens is 280 g/mol. The van der Waals surface area contributed by atoms with Crippen LogP contribution in [0, 0.1) is 13.8 Å². The molecule has 2 aromatic rings. The molecule has 2 amide bonds. The summed E-state index contributed by atoms with van der Waals surface area (Å²) in [6, 6.07) is 5.23. The molecule has 0 radical (unpaired) electrons. The fourth-order valence-electron chi connectivity index (χ4n) is 1.85. The summed E-state index contributed by atoms with van der Waals surface area (Å²) < 4.78 is 0. The molecule has 22 heavy (non-hydrogen) atoms. The molecule has 6 heteroatoms. The Morgan fingerprint density at radius 1 is 1.05 bits per heavy atom. The van der Waals surface area contributed by atoms with E-state index in [2.05, 4.69) is 20.6 Å². The van der Waals surface area contributed by atoms with Crippen LogP contribution < -0.4 is 10.6 Å². The fourth-order valence-corrected chi connectivity index (χ4v) is 1.85. The number of hydrogen-bond donors (Lipinski definition) is 2. The number of hydrogen-bond acceptors (Lipinski definition) is 4. The highest BCUT2D eigenvalue weighted by atomic mass is 16.2. The number of rotatable bonds is 4. The molecule has 2 N–H and O–H groups in total. The van der Waals surface area contributed by atoms with E-state index < -0.39 is 0 Å². The Balaban J connectivity index is 2.19. The highest BCUT2D eigenvalue weighted by molar-refractivity contribution is 6.06. The van der Waals surface area contributed by atoms with Crippen LogP contribution in [0.3, 0.4) is 0 Å². The number of carbonyl (C=O) groups excluding carboxylic acids is 2. The van der Waals surface area contributed by atoms with Gasteiger partial charge in [-0.1, -0.05) is 13.0 Å². The quantitative estimate of drug-likeness (QED) is 0.909. The van der Waals surface area contributed by atoms with Gasteiger partial charge in [0.15, 0.2) is 0 Å². The number of benzene rings is 1. The third kappa shape index (κ3) is 3.88. The van der Waals surface area contributed by atoms with Gasteiger partial charge in [0.05, 0.1) is 18.1 Å². The number of nitrogens with zero attached hydrogens (tertiary/aromatic N) is 2. The molecule has 0 aliphatic heterocycles. The van der Waals surface area contributed by atoms with Gasteiger partial charge >= 0.3 is 0 Å². The molecule has 1 aromatic heterocycles. The fraction of sp³-hybridized carbons (Fsp3) is 0.250. The Labute approximate surface area is 129 Å². The first-order chi connectivity index (χ1) is 10.5. The standard InChI is InChI=1S/C16H18N4O2/c1-4-15(21)19-12-6-5-10(2)14(7-12)16(22)20-13-8-17-11(3)18-9-13/h5-9H,4H2,1-3H3,(H,19,21)(H,20,22). The lowest BCUT2D eigenvalue weighted by atomic mass is 10.1. The normalized spacial score (nSPS) is 10.1. The van der Waals surface area contributed by atoms with Crippen LogP contribution >= 0.6 is 0 Å². The smallest absolute Gasteiger partial charge is 0.256 e. The van der Waals surface area contributed by atoms with E-state index in [0.29, 0.717) is 29.2 Å². The second kappa shape index (κ2) is 6.80. The molecule has 0 aliphatic carbocycles. The summed E-state index contributed by atoms with van der Waals surface area (Å²) in [4.78, 5) is 31.9. The molecule has 114 valence electrons. The maximum absolute atomic E-state index is 12.3. The Bertz CT molecular complexity index is 696. The molecule has 0 atom stereocenters. The van der Waals surface area contributed by atoms with E-state index >= 15 is 0 Å². The van der Waals surface area contributed by atoms with Crippen LogP contribution in [0.5, 0.6) is 0 Å². The Morgan fingerprint density at radius 3 is 2.36 bits per heavy atom. The van der Waals surface area contributed by atoms with Crippen LogP contribution in [0.2, 0.25) is 0 Å². The number of carbonyl (C=O) groups is 2. The summed E-state index contributed by atoms with van der Waals surface area (Å²) in [7, 11) is 0. The molecular formula is C16H18N4O2. The molecule has 0 spiro atoms. The topological polar surface area (TPSA) is 84.0 Å². The van der Waals surface area contributed by atoms with Gasteiger partial charge in [0, 0.05) is 17.7 Å². The first-order valence-electron chi connectivity index (χ1n) is 7.00. The molecule has 2 rings (SSSR count). The van der Waals surface area contributed by atoms with Gasteiger partial charge in [-0.2, -0.15) is 0 Å². The van der Waals surface area contributed by atoms with Gasteiger partial charge in [0.2, 0.25) is 5.91 Å². The van der Waals surface area contributed by atoms with Crippen LogP contribution in [0.15, 0.2) is 30.6 Å². The number of anilines is 2. The van der Waals surface area contributed by atoms with Gasteiger partial charge in [-0.25, -0.2) is 9.97 Å². The summed E-state index contributed by atoms with van der Waals surface area (Å²) in [5.41, 5.74) is 2.44. The van der Waals surface area contributed by atoms with Crippen LogP contribution in [-0.2, 0) is 4.79 Å². The summed E-state index contributed by atoms with van der Waals surface area (Å²) in [5.74, 6) is 0.276. The van der Waals surface area contributed by atoms with Gasteiger partial charge in [0.1, 0.15) is 5.82 Å². The average molecular weight is 298 g/mol. The minimum absolute atomic E-state index is 0.0952. The van der Waals surface area contributed by atoms with E-state index in [1.54, 1.807) is 44.4 Å². The SMILES string of the molecule is CCC(=O)Nc1ccc(C)c(C(=O)Nc2cnc(C)nc2)c1. The van der Waals surface area contributed by atoms with Crippen molar-refractivity contribution in [2.75, 3.05) is 10.6 Å². The highest BCUT2D eigenvalue weighted by Gasteiger charge is 2.11. The largest absolute Gasteiger partial charge is 0.326 e. The monoisotopic (exact) mass is 298 g/mol. The molecule has 6 nitrogen and oxygen atoms in total. The Kier molecular flexibility index (Phi) is 4.83. The second-order valence-electron chi connectivity index (χ2n) is 4.90. The molecule has 0 unspecified atom stereocenters. The zero-order valence-corrected chi connectivity index (χ0v) is 12.8. The minimum Gasteiger partial charge on any atom is -0.326 e. The predicted molar refractivity (Wildman–Crippen MR) is 84.8 cm³/mol. The van der Waals surface area contributed by atoms with Crippen molar-refractivity contribution < 1.29 is 9.59 Å². The van der Waals surface area contributed by atoms with Gasteiger partial charge < -0.3 is 10.6 Å². The van der Waals surface area contributed by atoms with Crippen molar-refractivity contribution in [1.29, 1.82) is 0 Å². The molecule has 1 aromatic carbocycles. The molecule has 1 heterocycles. The number of nitrogens with one attached hydrogen (secondary N) is 2. The zero-order valence-electron chi connectivity index (χ0n) is 12.8. The lowest BCUT2D eigenvalue weighted by molar-refractivity contribution is -0.115. The van der Waals surface area contributed by atoms with E-state index in [0.717, 1.165) is 5.56 Å². The second-order valence-corrected chi connectivity index (χ2v) is 4.90. The minimum atomic E-state index is -0.266. The maximum atomic E-state index is 12.3. The van der Waals surface area contributed by atoms with Crippen molar-refractivity contribution in [2.24, 2.45) is 0 Å². The highest BCUT2D eigenvalue weighted by Crippen LogP contribution is 2.17. The zero-order chi connectivity index (χ0) is 16.1. The van der Waals surface area contributed by atoms with E-state index in [1.807, 2.05) is 6.92 Å². The van der Waals surface area contributed by atoms with Crippen molar-refractivity contribution in [3.05, 3.63) is 47.5 Å². The number of aryl methyl sites for hydroxylation is 2. The van der Waals surface area contributed by atoms with Crippen molar-refractivity contribution in [3.8, 4) is 0 Å². The van der Waals surface area contributed by atoms with Crippen LogP contribution in [0.25, 0.3) is 0 Å². The lowest BCUT2D eigenvalue weighted by Gasteiger charge is -2.10. The van der Waals surface area contributed by atoms with Gasteiger partial charge in [-0.05, 0) is 31.5 Å². The molecule has 0 saturated heterocycles. The predicted octanol–water partition coefficient (Wildman–Crippen LogP) is 2.69. The van der Waals surface area contributed by atoms with Gasteiger partial charge in [-0.3, -0.25) is 9.59 Å². The Morgan fingerprint density at radius 2 is 1.73 bits per heavy atom. The number of amides is 2. The summed E-state index contributed by atoms with van der Waals surface area (Å²) in [5, 5.41) is 5.49. The summed E-state index contributed by atoms with van der Waals surface area (Å²) in [6.45, 7) is 5.39. The molecule has 0 bridgehead atoms. The van der Waals surface area contributed by atoms with E-state index in [4.69, 9.17) is 0 Å². The lowest BCUT2D eigenvalue weighted by Crippen LogP contribution is -2.15. The molecule has 0 saturated carbocycles. The Hall–Kier alpha value is -2.76. The van der Waals surface area contributed by atoms with Gasteiger partial charge in [0.25, 0.3) is 5.91 Å². The van der Waals surface area contributed by atoms with Crippen molar-refractivity contribution >= 4 is 23.2 Å². The van der Waals surface area contributed by atoms with Gasteiger partial charge in [-0.15, -0.1) is 0 Å². The summed E-state index contributed by atoms with van der Waals surface area (Å²) >= 11 is 0. The van der Waals surface area contributed by atoms with Crippen LogP contribution in [0.1, 0.15) is 35.1 Å². The van der Waals surface area contributed by atoms with Crippen LogP contribution in [0.4, 0.5) is 11.4 Å². The third-order valence-corrected chi connectivity index (χ3v) is 3.13. The van der Waals surface area contributed by atoms with Crippen molar-refractivity contribution in [3.63, 3.8) is 0 Å². The molecule has 0 fully saturated rings. The number of aromatic nitrogens is 2.